The Kier molecular flexibility index (Phi) is 5.50. The van der Waals surface area contributed by atoms with E-state index in [2.05, 4.69) is 0 Å². The normalized spacial score (nSPS) is 12.2. The largest absolute Gasteiger partial charge is 0.484 e. The van der Waals surface area contributed by atoms with E-state index in [0.29, 0.717) is 5.56 Å². The van der Waals surface area contributed by atoms with E-state index in [1.807, 2.05) is 0 Å². The van der Waals surface area contributed by atoms with Crippen molar-refractivity contribution in [3.8, 4) is 5.75 Å². The molecule has 1 atom stereocenters. The number of hydrogen-bond donors (Lipinski definition) is 2. The van der Waals surface area contributed by atoms with Crippen molar-refractivity contribution in [3.05, 3.63) is 33.9 Å². The second-order valence-electron chi connectivity index (χ2n) is 3.64. The van der Waals surface area contributed by atoms with Crippen LogP contribution in [0.15, 0.2) is 18.2 Å². The molecular weight excluding hydrogens is 242 g/mol. The van der Waals surface area contributed by atoms with Gasteiger partial charge in [0.05, 0.1) is 18.1 Å². The molecule has 2 N–H and O–H groups in total. The van der Waals surface area contributed by atoms with Gasteiger partial charge >= 0.3 is 5.69 Å². The van der Waals surface area contributed by atoms with E-state index in [1.165, 1.54) is 25.3 Å². The number of nitro groups is 1. The van der Waals surface area contributed by atoms with E-state index < -0.39 is 11.0 Å². The van der Waals surface area contributed by atoms with E-state index in [4.69, 9.17) is 14.6 Å². The predicted octanol–water partition coefficient (Wildman–Crippen LogP) is 0.473. The molecule has 0 aliphatic rings. The van der Waals surface area contributed by atoms with Crippen molar-refractivity contribution in [1.82, 2.24) is 0 Å². The van der Waals surface area contributed by atoms with Crippen molar-refractivity contribution < 1.29 is 24.6 Å². The highest BCUT2D eigenvalue weighted by Crippen LogP contribution is 2.28. The van der Waals surface area contributed by atoms with E-state index in [9.17, 15) is 15.2 Å². The van der Waals surface area contributed by atoms with Crippen LogP contribution in [0.25, 0.3) is 0 Å². The average Bonchev–Trinajstić information content (AvgIpc) is 2.36. The minimum atomic E-state index is -0.855. The number of aliphatic hydroxyl groups excluding tert-OH is 2. The fourth-order valence-corrected chi connectivity index (χ4v) is 1.35. The lowest BCUT2D eigenvalue weighted by molar-refractivity contribution is -0.386. The molecule has 0 aromatic heterocycles. The van der Waals surface area contributed by atoms with Crippen LogP contribution in [-0.2, 0) is 11.3 Å². The highest BCUT2D eigenvalue weighted by atomic mass is 16.6. The average molecular weight is 257 g/mol. The Morgan fingerprint density at radius 3 is 2.72 bits per heavy atom. The smallest absolute Gasteiger partial charge is 0.311 e. The molecule has 0 radical (unpaired) electrons. The van der Waals surface area contributed by atoms with Gasteiger partial charge in [-0.2, -0.15) is 0 Å². The quantitative estimate of drug-likeness (QED) is 0.544. The van der Waals surface area contributed by atoms with Gasteiger partial charge < -0.3 is 19.7 Å². The number of nitrogens with zero attached hydrogens (tertiary/aromatic N) is 1. The number of methoxy groups -OCH3 is 1. The molecule has 0 fully saturated rings. The van der Waals surface area contributed by atoms with Gasteiger partial charge in [0.2, 0.25) is 0 Å². The SMILES string of the molecule is COCC(O)COc1ccc(CO)cc1[N+](=O)[O-]. The molecule has 7 nitrogen and oxygen atoms in total. The Bertz CT molecular complexity index is 409. The lowest BCUT2D eigenvalue weighted by Crippen LogP contribution is -2.22. The summed E-state index contributed by atoms with van der Waals surface area (Å²) in [5.74, 6) is 0.0485. The van der Waals surface area contributed by atoms with Gasteiger partial charge in [0.25, 0.3) is 0 Å². The lowest BCUT2D eigenvalue weighted by Gasteiger charge is -2.11. The van der Waals surface area contributed by atoms with Gasteiger partial charge in [-0.1, -0.05) is 6.07 Å². The molecule has 0 bridgehead atoms. The summed E-state index contributed by atoms with van der Waals surface area (Å²) in [5.41, 5.74) is 0.178. The summed E-state index contributed by atoms with van der Waals surface area (Å²) in [4.78, 5) is 10.2. The van der Waals surface area contributed by atoms with Gasteiger partial charge in [0.15, 0.2) is 5.75 Å². The first-order valence-electron chi connectivity index (χ1n) is 5.26. The fourth-order valence-electron chi connectivity index (χ4n) is 1.35. The van der Waals surface area contributed by atoms with Crippen LogP contribution in [0.5, 0.6) is 5.75 Å². The van der Waals surface area contributed by atoms with Crippen LogP contribution in [0.2, 0.25) is 0 Å². The first kappa shape index (κ1) is 14.4. The molecular formula is C11H15NO6. The molecule has 1 aromatic carbocycles. The molecule has 0 aliphatic carbocycles. The summed E-state index contributed by atoms with van der Waals surface area (Å²) < 4.78 is 9.87. The molecule has 0 amide bonds. The molecule has 0 aliphatic heterocycles. The minimum Gasteiger partial charge on any atom is -0.484 e. The Balaban J connectivity index is 2.78. The van der Waals surface area contributed by atoms with Crippen molar-refractivity contribution >= 4 is 5.69 Å². The standard InChI is InChI=1S/C11H15NO6/c1-17-6-9(14)7-18-11-3-2-8(5-13)4-10(11)12(15)16/h2-4,9,13-14H,5-7H2,1H3. The minimum absolute atomic E-state index is 0.0485. The second-order valence-corrected chi connectivity index (χ2v) is 3.64. The molecule has 7 heteroatoms. The van der Waals surface area contributed by atoms with Gasteiger partial charge in [0.1, 0.15) is 12.7 Å². The number of rotatable bonds is 7. The van der Waals surface area contributed by atoms with Crippen molar-refractivity contribution in [2.24, 2.45) is 0 Å². The Labute approximate surface area is 104 Å². The van der Waals surface area contributed by atoms with Gasteiger partial charge in [-0.25, -0.2) is 0 Å². The number of ether oxygens (including phenoxy) is 2. The van der Waals surface area contributed by atoms with E-state index >= 15 is 0 Å². The van der Waals surface area contributed by atoms with Crippen molar-refractivity contribution in [3.63, 3.8) is 0 Å². The zero-order chi connectivity index (χ0) is 13.5. The van der Waals surface area contributed by atoms with Crippen LogP contribution in [0.4, 0.5) is 5.69 Å². The monoisotopic (exact) mass is 257 g/mol. The van der Waals surface area contributed by atoms with E-state index in [1.54, 1.807) is 0 Å². The van der Waals surface area contributed by atoms with Crippen molar-refractivity contribution in [1.29, 1.82) is 0 Å². The third-order valence-electron chi connectivity index (χ3n) is 2.19. The summed E-state index contributed by atoms with van der Waals surface area (Å²) in [6, 6.07) is 4.15. The van der Waals surface area contributed by atoms with Gasteiger partial charge in [-0.05, 0) is 11.6 Å². The first-order chi connectivity index (χ1) is 8.58. The summed E-state index contributed by atoms with van der Waals surface area (Å²) in [6.45, 7) is -0.302. The van der Waals surface area contributed by atoms with Crippen LogP contribution < -0.4 is 4.74 Å². The highest BCUT2D eigenvalue weighted by Gasteiger charge is 2.17. The zero-order valence-corrected chi connectivity index (χ0v) is 9.91. The Hall–Kier alpha value is -1.70. The van der Waals surface area contributed by atoms with Gasteiger partial charge in [-0.15, -0.1) is 0 Å². The molecule has 0 spiro atoms. The summed E-state index contributed by atoms with van der Waals surface area (Å²) >= 11 is 0. The van der Waals surface area contributed by atoms with Crippen LogP contribution in [0, 0.1) is 10.1 Å². The van der Waals surface area contributed by atoms with Crippen LogP contribution in [0.1, 0.15) is 5.56 Å². The third kappa shape index (κ3) is 3.95. The number of benzene rings is 1. The van der Waals surface area contributed by atoms with Crippen molar-refractivity contribution in [2.75, 3.05) is 20.3 Å². The lowest BCUT2D eigenvalue weighted by atomic mass is 10.2. The Morgan fingerprint density at radius 1 is 1.44 bits per heavy atom. The molecule has 1 rings (SSSR count). The molecule has 18 heavy (non-hydrogen) atoms. The maximum atomic E-state index is 10.8. The maximum Gasteiger partial charge on any atom is 0.311 e. The third-order valence-corrected chi connectivity index (χ3v) is 2.19. The second kappa shape index (κ2) is 6.90. The summed E-state index contributed by atoms with van der Waals surface area (Å²) in [7, 11) is 1.43. The van der Waals surface area contributed by atoms with E-state index in [-0.39, 0.29) is 31.3 Å². The molecule has 0 heterocycles. The predicted molar refractivity (Wildman–Crippen MR) is 62.4 cm³/mol. The molecule has 0 saturated carbocycles. The van der Waals surface area contributed by atoms with Crippen molar-refractivity contribution in [2.45, 2.75) is 12.7 Å². The zero-order valence-electron chi connectivity index (χ0n) is 9.91. The van der Waals surface area contributed by atoms with Crippen LogP contribution in [0.3, 0.4) is 0 Å². The van der Waals surface area contributed by atoms with Crippen LogP contribution >= 0.6 is 0 Å². The molecule has 100 valence electrons. The van der Waals surface area contributed by atoms with Gasteiger partial charge in [-0.3, -0.25) is 10.1 Å². The highest BCUT2D eigenvalue weighted by molar-refractivity contribution is 5.48. The number of hydrogen-bond acceptors (Lipinski definition) is 6. The number of nitro benzene ring substituents is 1. The fraction of sp³-hybridized carbons (Fsp3) is 0.455. The summed E-state index contributed by atoms with van der Waals surface area (Å²) in [6.07, 6.45) is -0.855. The van der Waals surface area contributed by atoms with Gasteiger partial charge in [0, 0.05) is 13.2 Å². The first-order valence-corrected chi connectivity index (χ1v) is 5.26. The Morgan fingerprint density at radius 2 is 2.17 bits per heavy atom. The van der Waals surface area contributed by atoms with E-state index in [0.717, 1.165) is 0 Å². The molecule has 1 unspecified atom stereocenters. The summed E-state index contributed by atoms with van der Waals surface area (Å²) in [5, 5.41) is 29.1. The topological polar surface area (TPSA) is 102 Å². The maximum absolute atomic E-state index is 10.8. The number of aliphatic hydroxyl groups is 2. The molecule has 0 saturated heterocycles. The molecule has 1 aromatic rings. The van der Waals surface area contributed by atoms with Crippen LogP contribution in [-0.4, -0.2) is 41.6 Å².